The van der Waals surface area contributed by atoms with Crippen molar-refractivity contribution in [1.82, 2.24) is 5.32 Å². The van der Waals surface area contributed by atoms with E-state index in [1.165, 1.54) is 0 Å². The maximum Gasteiger partial charge on any atom is 0.303 e. The fraction of sp³-hybridized carbons (Fsp3) is 0.800. The Balaban J connectivity index is 3.23. The van der Waals surface area contributed by atoms with Crippen LogP contribution in [0.4, 0.5) is 0 Å². The van der Waals surface area contributed by atoms with Crippen LogP contribution in [0.2, 0.25) is 0 Å². The van der Waals surface area contributed by atoms with Crippen molar-refractivity contribution in [2.45, 2.75) is 45.1 Å². The summed E-state index contributed by atoms with van der Waals surface area (Å²) in [6.07, 6.45) is 3.10. The predicted octanol–water partition coefficient (Wildman–Crippen LogP) is 0.485. The smallest absolute Gasteiger partial charge is 0.303 e. The Bertz CT molecular complexity index is 207. The molecule has 5 nitrogen and oxygen atoms in total. The molecule has 15 heavy (non-hydrogen) atoms. The molecule has 0 aliphatic rings. The van der Waals surface area contributed by atoms with Gasteiger partial charge in [0, 0.05) is 18.9 Å². The van der Waals surface area contributed by atoms with E-state index < -0.39 is 5.97 Å². The Morgan fingerprint density at radius 1 is 1.33 bits per heavy atom. The largest absolute Gasteiger partial charge is 0.481 e. The Labute approximate surface area is 90.0 Å². The number of carboxylic acid groups (broad SMARTS) is 1. The number of nitrogens with one attached hydrogen (secondary N) is 1. The normalized spacial score (nSPS) is 12.3. The van der Waals surface area contributed by atoms with Gasteiger partial charge in [-0.25, -0.2) is 0 Å². The second-order valence-corrected chi connectivity index (χ2v) is 3.73. The quantitative estimate of drug-likeness (QED) is 0.489. The van der Waals surface area contributed by atoms with Crippen LogP contribution >= 0.6 is 0 Å². The lowest BCUT2D eigenvalue weighted by molar-refractivity contribution is -0.137. The minimum Gasteiger partial charge on any atom is -0.481 e. The summed E-state index contributed by atoms with van der Waals surface area (Å²) in [4.78, 5) is 20.7. The van der Waals surface area contributed by atoms with Crippen LogP contribution in [0.15, 0.2) is 0 Å². The number of carbonyl (C=O) groups excluding carboxylic acids is 1. The molecular weight excluding hydrogens is 196 g/mol. The third-order valence-electron chi connectivity index (χ3n) is 2.07. The summed E-state index contributed by atoms with van der Waals surface area (Å²) >= 11 is 0. The van der Waals surface area contributed by atoms with E-state index in [9.17, 15) is 9.59 Å². The zero-order valence-electron chi connectivity index (χ0n) is 9.16. The third-order valence-corrected chi connectivity index (χ3v) is 2.07. The van der Waals surface area contributed by atoms with E-state index in [1.54, 1.807) is 0 Å². The van der Waals surface area contributed by atoms with E-state index in [1.807, 2.05) is 6.92 Å². The number of carboxylic acids is 1. The number of carbonyl (C=O) groups is 2. The molecule has 0 fully saturated rings. The van der Waals surface area contributed by atoms with Gasteiger partial charge in [-0.2, -0.15) is 0 Å². The maximum absolute atomic E-state index is 10.5. The van der Waals surface area contributed by atoms with Gasteiger partial charge in [0.25, 0.3) is 0 Å². The lowest BCUT2D eigenvalue weighted by Gasteiger charge is -2.11. The average molecular weight is 216 g/mol. The highest BCUT2D eigenvalue weighted by atomic mass is 16.4. The second kappa shape index (κ2) is 8.23. The minimum absolute atomic E-state index is 0.0990. The van der Waals surface area contributed by atoms with Crippen LogP contribution in [-0.4, -0.2) is 29.6 Å². The van der Waals surface area contributed by atoms with Crippen LogP contribution in [0.1, 0.15) is 39.0 Å². The molecule has 0 saturated carbocycles. The van der Waals surface area contributed by atoms with Gasteiger partial charge in [-0.15, -0.1) is 0 Å². The second-order valence-electron chi connectivity index (χ2n) is 3.73. The van der Waals surface area contributed by atoms with Crippen molar-refractivity contribution in [2.24, 2.45) is 5.73 Å². The van der Waals surface area contributed by atoms with Crippen LogP contribution in [0, 0.1) is 0 Å². The summed E-state index contributed by atoms with van der Waals surface area (Å²) in [6, 6.07) is 0.0990. The Kier molecular flexibility index (Phi) is 7.62. The number of amides is 1. The zero-order valence-corrected chi connectivity index (χ0v) is 9.16. The van der Waals surface area contributed by atoms with E-state index >= 15 is 0 Å². The first-order valence-electron chi connectivity index (χ1n) is 5.26. The van der Waals surface area contributed by atoms with E-state index in [0.717, 1.165) is 19.4 Å². The van der Waals surface area contributed by atoms with Crippen LogP contribution in [0.3, 0.4) is 0 Å². The molecule has 0 aliphatic heterocycles. The van der Waals surface area contributed by atoms with Gasteiger partial charge >= 0.3 is 5.97 Å². The predicted molar refractivity (Wildman–Crippen MR) is 57.4 cm³/mol. The van der Waals surface area contributed by atoms with Gasteiger partial charge < -0.3 is 16.2 Å². The summed E-state index contributed by atoms with van der Waals surface area (Å²) in [7, 11) is 0. The number of unbranched alkanes of at least 4 members (excludes halogenated alkanes) is 2. The first kappa shape index (κ1) is 13.9. The third kappa shape index (κ3) is 10.8. The molecule has 0 aromatic rings. The van der Waals surface area contributed by atoms with Crippen LogP contribution in [-0.2, 0) is 9.59 Å². The number of nitrogens with two attached hydrogens (primary N) is 1. The molecule has 0 aromatic heterocycles. The van der Waals surface area contributed by atoms with Gasteiger partial charge in [0.1, 0.15) is 0 Å². The lowest BCUT2D eigenvalue weighted by atomic mass is 10.2. The summed E-state index contributed by atoms with van der Waals surface area (Å²) in [6.45, 7) is 2.70. The molecule has 0 aromatic carbocycles. The molecule has 5 heteroatoms. The topological polar surface area (TPSA) is 92.4 Å². The summed E-state index contributed by atoms with van der Waals surface area (Å²) in [5.41, 5.74) is 5.03. The van der Waals surface area contributed by atoms with Crippen LogP contribution < -0.4 is 11.1 Å². The van der Waals surface area contributed by atoms with E-state index in [-0.39, 0.29) is 18.4 Å². The summed E-state index contributed by atoms with van der Waals surface area (Å²) < 4.78 is 0. The summed E-state index contributed by atoms with van der Waals surface area (Å²) in [5.74, 6) is -1.05. The van der Waals surface area contributed by atoms with Crippen molar-refractivity contribution in [3.8, 4) is 0 Å². The molecule has 1 unspecified atom stereocenters. The monoisotopic (exact) mass is 216 g/mol. The van der Waals surface area contributed by atoms with Gasteiger partial charge in [-0.1, -0.05) is 6.42 Å². The van der Waals surface area contributed by atoms with Crippen LogP contribution in [0.5, 0.6) is 0 Å². The zero-order chi connectivity index (χ0) is 11.7. The number of rotatable bonds is 9. The fourth-order valence-electron chi connectivity index (χ4n) is 1.30. The van der Waals surface area contributed by atoms with Gasteiger partial charge in [0.2, 0.25) is 5.91 Å². The highest BCUT2D eigenvalue weighted by Gasteiger charge is 2.04. The van der Waals surface area contributed by atoms with Gasteiger partial charge in [0.05, 0.1) is 0 Å². The van der Waals surface area contributed by atoms with Crippen molar-refractivity contribution < 1.29 is 14.7 Å². The molecule has 0 saturated heterocycles. The molecule has 0 heterocycles. The number of hydrogen-bond acceptors (Lipinski definition) is 3. The highest BCUT2D eigenvalue weighted by molar-refractivity contribution is 5.74. The molecule has 0 spiro atoms. The molecular formula is C10H20N2O3. The Morgan fingerprint density at radius 2 is 2.00 bits per heavy atom. The molecule has 0 radical (unpaired) electrons. The molecule has 1 amide bonds. The van der Waals surface area contributed by atoms with E-state index in [0.29, 0.717) is 12.8 Å². The van der Waals surface area contributed by atoms with Crippen molar-refractivity contribution in [1.29, 1.82) is 0 Å². The SMILES string of the molecule is CC(CC(N)=O)NCCCCCC(=O)O. The molecule has 4 N–H and O–H groups in total. The van der Waals surface area contributed by atoms with E-state index in [4.69, 9.17) is 10.8 Å². The molecule has 88 valence electrons. The number of primary amides is 1. The lowest BCUT2D eigenvalue weighted by Crippen LogP contribution is -2.31. The molecule has 0 rings (SSSR count). The fourth-order valence-corrected chi connectivity index (χ4v) is 1.30. The van der Waals surface area contributed by atoms with Crippen molar-refractivity contribution >= 4 is 11.9 Å². The van der Waals surface area contributed by atoms with Crippen molar-refractivity contribution in [2.75, 3.05) is 6.54 Å². The van der Waals surface area contributed by atoms with Crippen molar-refractivity contribution in [3.05, 3.63) is 0 Å². The molecule has 0 aliphatic carbocycles. The van der Waals surface area contributed by atoms with Gasteiger partial charge in [0.15, 0.2) is 0 Å². The maximum atomic E-state index is 10.5. The van der Waals surface area contributed by atoms with Crippen LogP contribution in [0.25, 0.3) is 0 Å². The average Bonchev–Trinajstić information content (AvgIpc) is 2.09. The number of hydrogen-bond donors (Lipinski definition) is 3. The standard InChI is InChI=1S/C10H20N2O3/c1-8(7-9(11)13)12-6-4-2-3-5-10(14)15/h8,12H,2-7H2,1H3,(H2,11,13)(H,14,15). The van der Waals surface area contributed by atoms with Gasteiger partial charge in [-0.05, 0) is 26.3 Å². The number of aliphatic carboxylic acids is 1. The summed E-state index contributed by atoms with van der Waals surface area (Å²) in [5, 5.41) is 11.5. The molecule has 0 bridgehead atoms. The van der Waals surface area contributed by atoms with E-state index in [2.05, 4.69) is 5.32 Å². The Morgan fingerprint density at radius 3 is 2.53 bits per heavy atom. The first-order chi connectivity index (χ1) is 7.02. The molecule has 1 atom stereocenters. The minimum atomic E-state index is -0.745. The van der Waals surface area contributed by atoms with Crippen molar-refractivity contribution in [3.63, 3.8) is 0 Å². The highest BCUT2D eigenvalue weighted by Crippen LogP contribution is 1.99. The first-order valence-corrected chi connectivity index (χ1v) is 5.26. The Hall–Kier alpha value is -1.10. The van der Waals surface area contributed by atoms with Gasteiger partial charge in [-0.3, -0.25) is 9.59 Å².